The summed E-state index contributed by atoms with van der Waals surface area (Å²) in [6.07, 6.45) is 0.460. The van der Waals surface area contributed by atoms with Gasteiger partial charge in [-0.3, -0.25) is 18.1 Å². The lowest BCUT2D eigenvalue weighted by Crippen LogP contribution is -2.45. The van der Waals surface area contributed by atoms with Crippen molar-refractivity contribution < 1.29 is 32.0 Å². The van der Waals surface area contributed by atoms with Crippen LogP contribution < -0.4 is 10.5 Å². The highest BCUT2D eigenvalue weighted by atomic mass is 31.2. The normalized spacial score (nSPS) is 36.0. The van der Waals surface area contributed by atoms with Crippen molar-refractivity contribution in [1.82, 2.24) is 19.5 Å². The number of alkyl halides is 1. The molecule has 3 aliphatic rings. The molecule has 2 aliphatic heterocycles. The lowest BCUT2D eigenvalue weighted by molar-refractivity contribution is -0.0788. The summed E-state index contributed by atoms with van der Waals surface area (Å²) in [5.74, 6) is 0.157. The maximum Gasteiger partial charge on any atom is 0.475 e. The minimum Gasteiger partial charge on any atom is -0.473 e. The third kappa shape index (κ3) is 3.60. The number of aromatic nitrogens is 4. The molecule has 170 valence electrons. The number of phosphoric acid groups is 1. The molecule has 0 bridgehead atoms. The molecule has 0 amide bonds. The van der Waals surface area contributed by atoms with Crippen LogP contribution in [0.1, 0.15) is 46.3 Å². The molecule has 2 aromatic rings. The third-order valence-electron chi connectivity index (χ3n) is 5.66. The molecule has 13 heteroatoms. The number of nitrogens with zero attached hydrogens (tertiary/aromatic N) is 4. The van der Waals surface area contributed by atoms with Gasteiger partial charge in [0.1, 0.15) is 12.2 Å². The van der Waals surface area contributed by atoms with E-state index < -0.39 is 31.9 Å². The fraction of sp³-hybridized carbons (Fsp3) is 0.722. The summed E-state index contributed by atoms with van der Waals surface area (Å²) in [5, 5.41) is 0. The van der Waals surface area contributed by atoms with Gasteiger partial charge >= 0.3 is 7.82 Å². The van der Waals surface area contributed by atoms with E-state index in [1.54, 1.807) is 0 Å². The average Bonchev–Trinajstić information content (AvgIpc) is 3.17. The quantitative estimate of drug-likeness (QED) is 0.668. The van der Waals surface area contributed by atoms with Gasteiger partial charge in [0.25, 0.3) is 0 Å². The van der Waals surface area contributed by atoms with E-state index in [0.29, 0.717) is 5.52 Å². The van der Waals surface area contributed by atoms with Crippen LogP contribution in [0.3, 0.4) is 0 Å². The number of halogens is 1. The largest absolute Gasteiger partial charge is 0.475 e. The molecule has 2 aromatic heterocycles. The van der Waals surface area contributed by atoms with Crippen LogP contribution in [0.25, 0.3) is 11.2 Å². The number of phosphoric ester groups is 1. The van der Waals surface area contributed by atoms with Gasteiger partial charge in [-0.05, 0) is 40.0 Å². The molecule has 2 saturated heterocycles. The Bertz CT molecular complexity index is 1040. The predicted octanol–water partition coefficient (Wildman–Crippen LogP) is 2.91. The van der Waals surface area contributed by atoms with Crippen molar-refractivity contribution >= 4 is 24.9 Å². The maximum absolute atomic E-state index is 16.1. The number of nitrogen functional groups attached to an aromatic ring is 1. The molecule has 0 radical (unpaired) electrons. The van der Waals surface area contributed by atoms with Crippen molar-refractivity contribution in [2.24, 2.45) is 0 Å². The number of fused-ring (bicyclic) bond motifs is 2. The molecular weight excluding hydrogens is 432 g/mol. The summed E-state index contributed by atoms with van der Waals surface area (Å²) in [6, 6.07) is 0. The van der Waals surface area contributed by atoms with Gasteiger partial charge in [-0.2, -0.15) is 9.97 Å². The summed E-state index contributed by atoms with van der Waals surface area (Å²) in [6.45, 7) is 4.89. The Morgan fingerprint density at radius 1 is 1.39 bits per heavy atom. The van der Waals surface area contributed by atoms with E-state index in [0.717, 1.165) is 19.3 Å². The van der Waals surface area contributed by atoms with E-state index in [1.165, 1.54) is 17.8 Å². The zero-order chi connectivity index (χ0) is 22.0. The topological polar surface area (TPSA) is 133 Å². The fourth-order valence-electron chi connectivity index (χ4n) is 3.94. The number of anilines is 1. The summed E-state index contributed by atoms with van der Waals surface area (Å²) in [4.78, 5) is 12.6. The Labute approximate surface area is 178 Å². The Morgan fingerprint density at radius 3 is 2.84 bits per heavy atom. The van der Waals surface area contributed by atoms with Gasteiger partial charge in [-0.25, -0.2) is 13.9 Å². The molecule has 3 fully saturated rings. The van der Waals surface area contributed by atoms with Crippen molar-refractivity contribution in [2.45, 2.75) is 76.3 Å². The fourth-order valence-corrected chi connectivity index (χ4v) is 5.64. The zero-order valence-corrected chi connectivity index (χ0v) is 18.3. The SMILES string of the molecule is CC(C)Oc1nc(N)nc2c1ncn2[C@@H]1O[C@@H]2COP(=O)(OC3CCC3)O[C@H]2[C@@]1(C)F. The smallest absolute Gasteiger partial charge is 0.473 e. The van der Waals surface area contributed by atoms with Crippen LogP contribution in [-0.2, 0) is 22.9 Å². The maximum atomic E-state index is 16.1. The highest BCUT2D eigenvalue weighted by molar-refractivity contribution is 7.48. The van der Waals surface area contributed by atoms with Gasteiger partial charge in [0.2, 0.25) is 11.8 Å². The molecule has 5 rings (SSSR count). The number of rotatable bonds is 5. The van der Waals surface area contributed by atoms with Gasteiger partial charge in [0.15, 0.2) is 23.1 Å². The first kappa shape index (κ1) is 21.0. The molecular formula is C18H25FN5O6P. The van der Waals surface area contributed by atoms with Gasteiger partial charge in [0.05, 0.1) is 25.1 Å². The van der Waals surface area contributed by atoms with E-state index >= 15 is 4.39 Å². The second-order valence-electron chi connectivity index (χ2n) is 8.48. The number of hydrogen-bond acceptors (Lipinski definition) is 10. The summed E-state index contributed by atoms with van der Waals surface area (Å²) >= 11 is 0. The third-order valence-corrected chi connectivity index (χ3v) is 7.16. The minimum absolute atomic E-state index is 0.0427. The van der Waals surface area contributed by atoms with E-state index in [4.69, 9.17) is 28.8 Å². The van der Waals surface area contributed by atoms with E-state index in [-0.39, 0.29) is 36.3 Å². The number of imidazole rings is 1. The lowest BCUT2D eigenvalue weighted by Gasteiger charge is -2.36. The van der Waals surface area contributed by atoms with Crippen LogP contribution in [0.4, 0.5) is 10.3 Å². The van der Waals surface area contributed by atoms with Crippen LogP contribution in [0.2, 0.25) is 0 Å². The van der Waals surface area contributed by atoms with Crippen LogP contribution in [0.15, 0.2) is 6.33 Å². The molecule has 1 saturated carbocycles. The summed E-state index contributed by atoms with van der Waals surface area (Å²) in [5.41, 5.74) is 4.33. The Kier molecular flexibility index (Phi) is 4.98. The highest BCUT2D eigenvalue weighted by Gasteiger charge is 2.62. The van der Waals surface area contributed by atoms with Gasteiger partial charge in [-0.15, -0.1) is 0 Å². The van der Waals surface area contributed by atoms with Crippen LogP contribution in [0, 0.1) is 0 Å². The van der Waals surface area contributed by atoms with Crippen molar-refractivity contribution in [3.63, 3.8) is 0 Å². The van der Waals surface area contributed by atoms with Crippen molar-refractivity contribution in [1.29, 1.82) is 0 Å². The Morgan fingerprint density at radius 2 is 2.16 bits per heavy atom. The number of hydrogen-bond donors (Lipinski definition) is 1. The summed E-state index contributed by atoms with van der Waals surface area (Å²) < 4.78 is 58.4. The monoisotopic (exact) mass is 457 g/mol. The average molecular weight is 457 g/mol. The van der Waals surface area contributed by atoms with Crippen molar-refractivity contribution in [2.75, 3.05) is 12.3 Å². The van der Waals surface area contributed by atoms with Crippen molar-refractivity contribution in [3.05, 3.63) is 6.33 Å². The lowest BCUT2D eigenvalue weighted by atomic mass is 9.97. The first-order valence-corrected chi connectivity index (χ1v) is 11.7. The molecule has 4 heterocycles. The van der Waals surface area contributed by atoms with E-state index in [2.05, 4.69) is 15.0 Å². The molecule has 5 atom stereocenters. The molecule has 0 spiro atoms. The van der Waals surface area contributed by atoms with Gasteiger partial charge < -0.3 is 15.2 Å². The second kappa shape index (κ2) is 7.35. The first-order chi connectivity index (χ1) is 14.7. The molecule has 0 aromatic carbocycles. The molecule has 1 aliphatic carbocycles. The van der Waals surface area contributed by atoms with E-state index in [9.17, 15) is 4.57 Å². The molecule has 11 nitrogen and oxygen atoms in total. The zero-order valence-electron chi connectivity index (χ0n) is 17.4. The Hall–Kier alpha value is -1.85. The Balaban J connectivity index is 1.46. The second-order valence-corrected chi connectivity index (χ2v) is 10.1. The van der Waals surface area contributed by atoms with Crippen LogP contribution in [0.5, 0.6) is 5.88 Å². The van der Waals surface area contributed by atoms with E-state index in [1.807, 2.05) is 13.8 Å². The standard InChI is InChI=1S/C18H25FN5O6P/c1-9(2)27-15-12-14(22-17(20)23-15)24(8-21-12)16-18(3,19)13-11(28-16)7-26-31(25,30-13)29-10-5-4-6-10/h8-11,13,16H,4-7H2,1-3H3,(H2,20,22,23)/t11-,13-,16-,18-,31?/m1/s1. The van der Waals surface area contributed by atoms with Crippen LogP contribution in [-0.4, -0.2) is 56.2 Å². The number of ether oxygens (including phenoxy) is 2. The number of nitrogens with two attached hydrogens (primary N) is 1. The van der Waals surface area contributed by atoms with Crippen molar-refractivity contribution in [3.8, 4) is 5.88 Å². The minimum atomic E-state index is -3.88. The predicted molar refractivity (Wildman–Crippen MR) is 106 cm³/mol. The molecule has 1 unspecified atom stereocenters. The van der Waals surface area contributed by atoms with Crippen LogP contribution >= 0.6 is 7.82 Å². The first-order valence-electron chi connectivity index (χ1n) is 10.3. The highest BCUT2D eigenvalue weighted by Crippen LogP contribution is 2.61. The summed E-state index contributed by atoms with van der Waals surface area (Å²) in [7, 11) is -3.88. The van der Waals surface area contributed by atoms with Gasteiger partial charge in [-0.1, -0.05) is 0 Å². The molecule has 31 heavy (non-hydrogen) atoms. The molecule has 2 N–H and O–H groups in total. The van der Waals surface area contributed by atoms with Gasteiger partial charge in [0, 0.05) is 0 Å².